The van der Waals surface area contributed by atoms with Gasteiger partial charge in [0.25, 0.3) is 0 Å². The number of rotatable bonds is 3. The monoisotopic (exact) mass is 365 g/mol. The molecule has 0 saturated heterocycles. The van der Waals surface area contributed by atoms with Crippen LogP contribution in [0.4, 0.5) is 17.1 Å². The second kappa shape index (κ2) is 7.61. The Labute approximate surface area is 144 Å². The first-order valence-corrected chi connectivity index (χ1v) is 8.08. The molecule has 23 heavy (non-hydrogen) atoms. The van der Waals surface area contributed by atoms with Gasteiger partial charge in [0.15, 0.2) is 0 Å². The van der Waals surface area contributed by atoms with E-state index < -0.39 is 0 Å². The van der Waals surface area contributed by atoms with Crippen LogP contribution in [0.5, 0.6) is 0 Å². The standard InChI is InChI=1S/C19H16BrN3/c20-17-13-7-8-14-18(17)23-19(21-15-9-3-1-4-10-15)22-16-11-5-2-6-12-16/h1-14H,(H2,21,22,23). The van der Waals surface area contributed by atoms with Crippen LogP contribution < -0.4 is 10.6 Å². The molecule has 0 heterocycles. The molecular formula is C19H16BrN3. The molecule has 3 nitrogen and oxygen atoms in total. The van der Waals surface area contributed by atoms with E-state index in [0.717, 1.165) is 21.5 Å². The van der Waals surface area contributed by atoms with E-state index in [1.54, 1.807) is 0 Å². The average Bonchev–Trinajstić information content (AvgIpc) is 2.59. The highest BCUT2D eigenvalue weighted by atomic mass is 79.9. The Balaban J connectivity index is 1.91. The van der Waals surface area contributed by atoms with Crippen LogP contribution in [0, 0.1) is 0 Å². The van der Waals surface area contributed by atoms with Crippen LogP contribution in [-0.2, 0) is 0 Å². The second-order valence-corrected chi connectivity index (χ2v) is 5.75. The topological polar surface area (TPSA) is 36.4 Å². The van der Waals surface area contributed by atoms with Gasteiger partial charge in [0.05, 0.1) is 5.69 Å². The Morgan fingerprint density at radius 1 is 0.652 bits per heavy atom. The van der Waals surface area contributed by atoms with Gasteiger partial charge in [0.2, 0.25) is 5.96 Å². The molecular weight excluding hydrogens is 350 g/mol. The number of aliphatic imine (C=N–C) groups is 1. The molecule has 0 saturated carbocycles. The first-order valence-electron chi connectivity index (χ1n) is 7.28. The summed E-state index contributed by atoms with van der Waals surface area (Å²) >= 11 is 3.53. The van der Waals surface area contributed by atoms with E-state index in [-0.39, 0.29) is 0 Å². The third-order valence-corrected chi connectivity index (χ3v) is 3.83. The van der Waals surface area contributed by atoms with Crippen LogP contribution in [-0.4, -0.2) is 5.96 Å². The Morgan fingerprint density at radius 2 is 1.13 bits per heavy atom. The fourth-order valence-corrected chi connectivity index (χ4v) is 2.44. The van der Waals surface area contributed by atoms with Gasteiger partial charge in [-0.3, -0.25) is 0 Å². The Morgan fingerprint density at radius 3 is 1.65 bits per heavy atom. The van der Waals surface area contributed by atoms with E-state index in [1.165, 1.54) is 0 Å². The molecule has 0 atom stereocenters. The number of halogens is 1. The average molecular weight is 366 g/mol. The summed E-state index contributed by atoms with van der Waals surface area (Å²) in [5.74, 6) is 0.661. The summed E-state index contributed by atoms with van der Waals surface area (Å²) in [5, 5.41) is 6.64. The lowest BCUT2D eigenvalue weighted by Gasteiger charge is -2.13. The molecule has 114 valence electrons. The second-order valence-electron chi connectivity index (χ2n) is 4.89. The number of nitrogens with zero attached hydrogens (tertiary/aromatic N) is 1. The predicted molar refractivity (Wildman–Crippen MR) is 101 cm³/mol. The molecule has 0 amide bonds. The molecule has 2 N–H and O–H groups in total. The van der Waals surface area contributed by atoms with Gasteiger partial charge in [-0.2, -0.15) is 0 Å². The molecule has 0 bridgehead atoms. The molecule has 3 aromatic carbocycles. The van der Waals surface area contributed by atoms with Gasteiger partial charge in [-0.05, 0) is 52.3 Å². The summed E-state index contributed by atoms with van der Waals surface area (Å²) in [6.07, 6.45) is 0. The molecule has 0 spiro atoms. The molecule has 0 aliphatic rings. The van der Waals surface area contributed by atoms with Crippen molar-refractivity contribution < 1.29 is 0 Å². The molecule has 0 radical (unpaired) electrons. The minimum Gasteiger partial charge on any atom is -0.326 e. The maximum Gasteiger partial charge on any atom is 0.205 e. The summed E-state index contributed by atoms with van der Waals surface area (Å²) in [4.78, 5) is 4.70. The van der Waals surface area contributed by atoms with E-state index in [0.29, 0.717) is 5.96 Å². The Bertz CT molecular complexity index is 742. The lowest BCUT2D eigenvalue weighted by Crippen LogP contribution is -2.21. The normalized spacial score (nSPS) is 9.96. The number of para-hydroxylation sites is 3. The number of hydrogen-bond acceptors (Lipinski definition) is 1. The number of nitrogens with one attached hydrogen (secondary N) is 2. The van der Waals surface area contributed by atoms with Gasteiger partial charge in [0, 0.05) is 15.8 Å². The summed E-state index contributed by atoms with van der Waals surface area (Å²) in [7, 11) is 0. The van der Waals surface area contributed by atoms with Crippen molar-refractivity contribution >= 4 is 39.0 Å². The Kier molecular flexibility index (Phi) is 5.06. The van der Waals surface area contributed by atoms with Crippen molar-refractivity contribution in [1.29, 1.82) is 0 Å². The van der Waals surface area contributed by atoms with Gasteiger partial charge in [-0.1, -0.05) is 48.5 Å². The van der Waals surface area contributed by atoms with E-state index in [2.05, 4.69) is 26.6 Å². The lowest BCUT2D eigenvalue weighted by molar-refractivity contribution is 1.44. The van der Waals surface area contributed by atoms with Gasteiger partial charge in [0.1, 0.15) is 0 Å². The molecule has 0 aromatic heterocycles. The highest BCUT2D eigenvalue weighted by molar-refractivity contribution is 9.10. The van der Waals surface area contributed by atoms with E-state index in [4.69, 9.17) is 4.99 Å². The highest BCUT2D eigenvalue weighted by Gasteiger charge is 2.03. The third kappa shape index (κ3) is 4.44. The Hall–Kier alpha value is -2.59. The molecule has 0 unspecified atom stereocenters. The largest absolute Gasteiger partial charge is 0.326 e. The van der Waals surface area contributed by atoms with Crippen LogP contribution in [0.1, 0.15) is 0 Å². The third-order valence-electron chi connectivity index (χ3n) is 3.16. The summed E-state index contributed by atoms with van der Waals surface area (Å²) in [6, 6.07) is 27.8. The van der Waals surface area contributed by atoms with Crippen LogP contribution >= 0.6 is 15.9 Å². The van der Waals surface area contributed by atoms with Gasteiger partial charge in [-0.25, -0.2) is 4.99 Å². The van der Waals surface area contributed by atoms with E-state index in [1.807, 2.05) is 84.9 Å². The molecule has 3 aromatic rings. The van der Waals surface area contributed by atoms with Crippen molar-refractivity contribution in [3.05, 3.63) is 89.4 Å². The van der Waals surface area contributed by atoms with Crippen molar-refractivity contribution in [3.63, 3.8) is 0 Å². The molecule has 4 heteroatoms. The number of benzene rings is 3. The first-order chi connectivity index (χ1) is 11.3. The van der Waals surface area contributed by atoms with Gasteiger partial charge in [-0.15, -0.1) is 0 Å². The van der Waals surface area contributed by atoms with Crippen molar-refractivity contribution in [3.8, 4) is 0 Å². The molecule has 0 aliphatic carbocycles. The van der Waals surface area contributed by atoms with Crippen LogP contribution in [0.25, 0.3) is 0 Å². The highest BCUT2D eigenvalue weighted by Crippen LogP contribution is 2.25. The number of hydrogen-bond donors (Lipinski definition) is 2. The first kappa shape index (κ1) is 15.3. The lowest BCUT2D eigenvalue weighted by atomic mass is 10.3. The maximum absolute atomic E-state index is 4.70. The molecule has 0 aliphatic heterocycles. The maximum atomic E-state index is 4.70. The number of anilines is 2. The fourth-order valence-electron chi connectivity index (χ4n) is 2.07. The zero-order chi connectivity index (χ0) is 15.9. The molecule has 3 rings (SSSR count). The smallest absolute Gasteiger partial charge is 0.205 e. The summed E-state index contributed by atoms with van der Waals surface area (Å²) in [5.41, 5.74) is 2.80. The SMILES string of the molecule is Brc1ccccc1N=C(Nc1ccccc1)Nc1ccccc1. The predicted octanol–water partition coefficient (Wildman–Crippen LogP) is 5.66. The van der Waals surface area contributed by atoms with Crippen molar-refractivity contribution in [2.45, 2.75) is 0 Å². The summed E-state index contributed by atoms with van der Waals surface area (Å²) < 4.78 is 0.947. The molecule has 0 fully saturated rings. The van der Waals surface area contributed by atoms with Crippen molar-refractivity contribution in [2.24, 2.45) is 4.99 Å². The van der Waals surface area contributed by atoms with Gasteiger partial charge >= 0.3 is 0 Å². The minimum absolute atomic E-state index is 0.661. The van der Waals surface area contributed by atoms with Crippen LogP contribution in [0.15, 0.2) is 94.4 Å². The zero-order valence-corrected chi connectivity index (χ0v) is 14.0. The minimum atomic E-state index is 0.661. The van der Waals surface area contributed by atoms with Crippen LogP contribution in [0.3, 0.4) is 0 Å². The number of guanidine groups is 1. The van der Waals surface area contributed by atoms with E-state index >= 15 is 0 Å². The summed E-state index contributed by atoms with van der Waals surface area (Å²) in [6.45, 7) is 0. The van der Waals surface area contributed by atoms with Crippen molar-refractivity contribution in [2.75, 3.05) is 10.6 Å². The van der Waals surface area contributed by atoms with Crippen LogP contribution in [0.2, 0.25) is 0 Å². The van der Waals surface area contributed by atoms with Gasteiger partial charge < -0.3 is 10.6 Å². The zero-order valence-electron chi connectivity index (χ0n) is 12.4. The van der Waals surface area contributed by atoms with E-state index in [9.17, 15) is 0 Å². The van der Waals surface area contributed by atoms with Crippen molar-refractivity contribution in [1.82, 2.24) is 0 Å². The quantitative estimate of drug-likeness (QED) is 0.463. The fraction of sp³-hybridized carbons (Fsp3) is 0.